The topological polar surface area (TPSA) is 66.4 Å². The quantitative estimate of drug-likeness (QED) is 0.750. The van der Waals surface area contributed by atoms with Gasteiger partial charge in [0, 0.05) is 38.6 Å². The molecule has 1 rings (SSSR count). The van der Waals surface area contributed by atoms with Gasteiger partial charge >= 0.3 is 5.97 Å². The van der Waals surface area contributed by atoms with E-state index in [4.69, 9.17) is 0 Å². The van der Waals surface area contributed by atoms with Gasteiger partial charge in [0.1, 0.15) is 5.54 Å². The van der Waals surface area contributed by atoms with E-state index in [9.17, 15) is 14.7 Å². The molecule has 0 bridgehead atoms. The normalized spacial score (nSPS) is 13.7. The van der Waals surface area contributed by atoms with Crippen molar-refractivity contribution in [1.82, 2.24) is 5.32 Å². The van der Waals surface area contributed by atoms with E-state index in [-0.39, 0.29) is 44.5 Å². The molecule has 2 unspecified atom stereocenters. The average molecular weight is 395 g/mol. The number of aliphatic carboxylic acids is 1. The Morgan fingerprint density at radius 1 is 1.26 bits per heavy atom. The summed E-state index contributed by atoms with van der Waals surface area (Å²) in [6.07, 6.45) is 0. The van der Waals surface area contributed by atoms with Crippen LogP contribution in [0.3, 0.4) is 0 Å². The number of aryl methyl sites for hydroxylation is 1. The van der Waals surface area contributed by atoms with Gasteiger partial charge in [0.2, 0.25) is 5.91 Å². The van der Waals surface area contributed by atoms with Crippen molar-refractivity contribution < 1.29 is 47.4 Å². The Kier molecular flexibility index (Phi) is 11.7. The number of benzene rings is 1. The predicted molar refractivity (Wildman–Crippen MR) is 88.8 cm³/mol. The largest absolute Gasteiger partial charge is 0.480 e. The molecule has 1 radical (unpaired) electrons. The molecular formula is C18H28NO3Y-. The number of carboxylic acid groups (broad SMARTS) is 1. The Morgan fingerprint density at radius 3 is 2.17 bits per heavy atom. The van der Waals surface area contributed by atoms with E-state index in [1.807, 2.05) is 32.9 Å². The molecule has 0 saturated carbocycles. The SMILES string of the molecule is CC.Cc1ccc[c-]c1C(C)C(=O)NC(C)(C(=O)O)C(C)C.[Y]. The van der Waals surface area contributed by atoms with Crippen molar-refractivity contribution in [2.75, 3.05) is 0 Å². The van der Waals surface area contributed by atoms with Gasteiger partial charge in [-0.3, -0.25) is 4.79 Å². The average Bonchev–Trinajstić information content (AvgIpc) is 2.48. The van der Waals surface area contributed by atoms with Crippen LogP contribution in [0.4, 0.5) is 0 Å². The maximum Gasteiger partial charge on any atom is 0.329 e. The molecule has 0 heterocycles. The van der Waals surface area contributed by atoms with Crippen molar-refractivity contribution in [1.29, 1.82) is 0 Å². The Hall–Kier alpha value is -0.736. The van der Waals surface area contributed by atoms with Gasteiger partial charge in [-0.2, -0.15) is 29.8 Å². The fourth-order valence-corrected chi connectivity index (χ4v) is 1.94. The second kappa shape index (κ2) is 10.9. The van der Waals surface area contributed by atoms with Crippen molar-refractivity contribution in [3.8, 4) is 0 Å². The Labute approximate surface area is 165 Å². The molecule has 2 N–H and O–H groups in total. The monoisotopic (exact) mass is 395 g/mol. The van der Waals surface area contributed by atoms with Crippen molar-refractivity contribution >= 4 is 11.9 Å². The number of carbonyl (C=O) groups excluding carboxylic acids is 1. The minimum atomic E-state index is -1.27. The number of carbonyl (C=O) groups is 2. The minimum Gasteiger partial charge on any atom is -0.480 e. The molecule has 0 saturated heterocycles. The first-order valence-corrected chi connectivity index (χ1v) is 7.72. The molecule has 1 amide bonds. The van der Waals surface area contributed by atoms with Crippen LogP contribution in [0.2, 0.25) is 0 Å². The maximum atomic E-state index is 12.3. The number of hydrogen-bond donors (Lipinski definition) is 2. The summed E-state index contributed by atoms with van der Waals surface area (Å²) in [5.41, 5.74) is 0.492. The molecule has 0 aliphatic carbocycles. The molecule has 0 spiro atoms. The zero-order chi connectivity index (χ0) is 17.5. The molecular weight excluding hydrogens is 367 g/mol. The van der Waals surface area contributed by atoms with Gasteiger partial charge in [-0.15, -0.1) is 5.56 Å². The van der Waals surface area contributed by atoms with Gasteiger partial charge in [0.15, 0.2) is 0 Å². The van der Waals surface area contributed by atoms with Crippen LogP contribution < -0.4 is 5.32 Å². The molecule has 1 aromatic rings. The van der Waals surface area contributed by atoms with E-state index in [0.717, 1.165) is 11.1 Å². The van der Waals surface area contributed by atoms with Gasteiger partial charge < -0.3 is 10.4 Å². The summed E-state index contributed by atoms with van der Waals surface area (Å²) >= 11 is 0. The maximum absolute atomic E-state index is 12.3. The molecule has 0 fully saturated rings. The van der Waals surface area contributed by atoms with E-state index in [1.165, 1.54) is 6.92 Å². The Bertz CT molecular complexity index is 517. The Morgan fingerprint density at radius 2 is 1.78 bits per heavy atom. The van der Waals surface area contributed by atoms with Crippen LogP contribution in [-0.4, -0.2) is 22.5 Å². The number of amides is 1. The summed E-state index contributed by atoms with van der Waals surface area (Å²) < 4.78 is 0. The molecule has 23 heavy (non-hydrogen) atoms. The second-order valence-electron chi connectivity index (χ2n) is 5.64. The Balaban J connectivity index is 0. The molecule has 4 nitrogen and oxygen atoms in total. The summed E-state index contributed by atoms with van der Waals surface area (Å²) in [6, 6.07) is 8.58. The third kappa shape index (κ3) is 6.35. The minimum absolute atomic E-state index is 0. The summed E-state index contributed by atoms with van der Waals surface area (Å²) in [5, 5.41) is 12.0. The van der Waals surface area contributed by atoms with Crippen molar-refractivity contribution in [3.05, 3.63) is 35.4 Å². The van der Waals surface area contributed by atoms with Crippen LogP contribution in [0, 0.1) is 18.9 Å². The molecule has 127 valence electrons. The zero-order valence-corrected chi connectivity index (χ0v) is 18.1. The first kappa shape index (κ1) is 24.5. The standard InChI is InChI=1S/C16H22NO3.C2H6.Y/c1-10(2)16(5,15(19)20)17-14(18)12(4)13-9-7-6-8-11(13)3;1-2;/h6-8,10,12H,1-5H3,(H,17,18)(H,19,20);1-2H3;/q-1;;. The van der Waals surface area contributed by atoms with Crippen LogP contribution in [0.5, 0.6) is 0 Å². The van der Waals surface area contributed by atoms with Gasteiger partial charge in [-0.1, -0.05) is 41.5 Å². The summed E-state index contributed by atoms with van der Waals surface area (Å²) in [4.78, 5) is 23.7. The summed E-state index contributed by atoms with van der Waals surface area (Å²) in [7, 11) is 0. The van der Waals surface area contributed by atoms with Crippen molar-refractivity contribution in [2.45, 2.75) is 59.9 Å². The third-order valence-electron chi connectivity index (χ3n) is 3.91. The molecule has 0 aliphatic rings. The van der Waals surface area contributed by atoms with Crippen molar-refractivity contribution in [3.63, 3.8) is 0 Å². The smallest absolute Gasteiger partial charge is 0.329 e. The van der Waals surface area contributed by atoms with E-state index < -0.39 is 17.4 Å². The number of nitrogens with one attached hydrogen (secondary N) is 1. The second-order valence-corrected chi connectivity index (χ2v) is 5.64. The van der Waals surface area contributed by atoms with Gasteiger partial charge in [0.05, 0.1) is 0 Å². The summed E-state index contributed by atoms with van der Waals surface area (Å²) in [6.45, 7) is 12.8. The first-order valence-electron chi connectivity index (χ1n) is 7.72. The molecule has 0 aliphatic heterocycles. The van der Waals surface area contributed by atoms with E-state index >= 15 is 0 Å². The molecule has 2 atom stereocenters. The zero-order valence-electron chi connectivity index (χ0n) is 15.2. The van der Waals surface area contributed by atoms with Crippen LogP contribution in [-0.2, 0) is 42.3 Å². The number of carboxylic acids is 1. The van der Waals surface area contributed by atoms with Crippen molar-refractivity contribution in [2.24, 2.45) is 5.92 Å². The third-order valence-corrected chi connectivity index (χ3v) is 3.91. The van der Waals surface area contributed by atoms with Crippen LogP contribution >= 0.6 is 0 Å². The fraction of sp³-hybridized carbons (Fsp3) is 0.556. The molecule has 1 aromatic carbocycles. The van der Waals surface area contributed by atoms with Crippen LogP contribution in [0.25, 0.3) is 0 Å². The fourth-order valence-electron chi connectivity index (χ4n) is 1.94. The van der Waals surface area contributed by atoms with Crippen LogP contribution in [0.1, 0.15) is 58.6 Å². The van der Waals surface area contributed by atoms with E-state index in [1.54, 1.807) is 26.8 Å². The molecule has 5 heteroatoms. The predicted octanol–water partition coefficient (Wildman–Crippen LogP) is 3.54. The summed E-state index contributed by atoms with van der Waals surface area (Å²) in [5.74, 6) is -1.97. The van der Waals surface area contributed by atoms with Gasteiger partial charge in [-0.25, -0.2) is 4.79 Å². The number of hydrogen-bond acceptors (Lipinski definition) is 2. The van der Waals surface area contributed by atoms with E-state index in [2.05, 4.69) is 11.4 Å². The number of rotatable bonds is 5. The van der Waals surface area contributed by atoms with E-state index in [0.29, 0.717) is 0 Å². The first-order chi connectivity index (χ1) is 10.2. The van der Waals surface area contributed by atoms with Gasteiger partial charge in [-0.05, 0) is 12.8 Å². The molecule has 0 aromatic heterocycles. The van der Waals surface area contributed by atoms with Crippen LogP contribution in [0.15, 0.2) is 18.2 Å². The van der Waals surface area contributed by atoms with Gasteiger partial charge in [0.25, 0.3) is 0 Å².